The second-order valence-corrected chi connectivity index (χ2v) is 4.33. The number of aryl methyl sites for hydroxylation is 1. The Labute approximate surface area is 103 Å². The summed E-state index contributed by atoms with van der Waals surface area (Å²) in [6, 6.07) is -0.315. The molecule has 0 aliphatic carbocycles. The first-order valence-corrected chi connectivity index (χ1v) is 6.08. The maximum Gasteiger partial charge on any atom is 0.322 e. The predicted molar refractivity (Wildman–Crippen MR) is 65.4 cm³/mol. The minimum Gasteiger partial charge on any atom is -0.481 e. The summed E-state index contributed by atoms with van der Waals surface area (Å²) in [6.45, 7) is 2.14. The Morgan fingerprint density at radius 2 is 2.29 bits per heavy atom. The molecular formula is C10H15N3O3S. The lowest BCUT2D eigenvalue weighted by Crippen LogP contribution is -2.33. The van der Waals surface area contributed by atoms with E-state index in [-0.39, 0.29) is 19.0 Å². The summed E-state index contributed by atoms with van der Waals surface area (Å²) in [5.74, 6) is -0.920. The SMILES string of the molecule is CCc1ncsc1NC(=O)N(C)CCC(=O)O. The first-order chi connectivity index (χ1) is 8.04. The third kappa shape index (κ3) is 4.03. The molecule has 0 saturated carbocycles. The number of nitrogens with zero attached hydrogens (tertiary/aromatic N) is 2. The lowest BCUT2D eigenvalue weighted by atomic mass is 10.3. The van der Waals surface area contributed by atoms with Gasteiger partial charge < -0.3 is 10.0 Å². The van der Waals surface area contributed by atoms with Crippen molar-refractivity contribution in [3.05, 3.63) is 11.2 Å². The van der Waals surface area contributed by atoms with Gasteiger partial charge in [0.2, 0.25) is 0 Å². The Morgan fingerprint density at radius 1 is 1.59 bits per heavy atom. The summed E-state index contributed by atoms with van der Waals surface area (Å²) in [5, 5.41) is 12.0. The van der Waals surface area contributed by atoms with Crippen LogP contribution in [0.5, 0.6) is 0 Å². The average Bonchev–Trinajstić information content (AvgIpc) is 2.72. The van der Waals surface area contributed by atoms with E-state index in [4.69, 9.17) is 5.11 Å². The Hall–Kier alpha value is -1.63. The van der Waals surface area contributed by atoms with Crippen LogP contribution in [0.25, 0.3) is 0 Å². The van der Waals surface area contributed by atoms with Gasteiger partial charge in [-0.25, -0.2) is 9.78 Å². The highest BCUT2D eigenvalue weighted by Gasteiger charge is 2.13. The van der Waals surface area contributed by atoms with Gasteiger partial charge in [-0.3, -0.25) is 10.1 Å². The zero-order chi connectivity index (χ0) is 12.8. The molecule has 94 valence electrons. The largest absolute Gasteiger partial charge is 0.481 e. The van der Waals surface area contributed by atoms with Gasteiger partial charge in [-0.15, -0.1) is 11.3 Å². The van der Waals surface area contributed by atoms with Crippen LogP contribution in [0.4, 0.5) is 9.80 Å². The first kappa shape index (κ1) is 13.4. The van der Waals surface area contributed by atoms with E-state index in [0.29, 0.717) is 0 Å². The van der Waals surface area contributed by atoms with Gasteiger partial charge in [-0.05, 0) is 6.42 Å². The number of nitrogens with one attached hydrogen (secondary N) is 1. The Bertz CT molecular complexity index is 405. The highest BCUT2D eigenvalue weighted by Crippen LogP contribution is 2.20. The third-order valence-electron chi connectivity index (χ3n) is 2.20. The number of hydrogen-bond donors (Lipinski definition) is 2. The smallest absolute Gasteiger partial charge is 0.322 e. The molecule has 0 saturated heterocycles. The molecule has 1 aromatic rings. The maximum absolute atomic E-state index is 11.7. The number of carbonyl (C=O) groups excluding carboxylic acids is 1. The van der Waals surface area contributed by atoms with E-state index in [1.54, 1.807) is 12.6 Å². The molecule has 7 heteroatoms. The highest BCUT2D eigenvalue weighted by molar-refractivity contribution is 7.14. The number of anilines is 1. The topological polar surface area (TPSA) is 82.5 Å². The van der Waals surface area contributed by atoms with Crippen LogP contribution in [-0.4, -0.2) is 40.6 Å². The molecule has 0 aromatic carbocycles. The molecular weight excluding hydrogens is 242 g/mol. The van der Waals surface area contributed by atoms with Crippen LogP contribution in [0, 0.1) is 0 Å². The van der Waals surface area contributed by atoms with E-state index in [0.717, 1.165) is 17.1 Å². The number of thiazole rings is 1. The van der Waals surface area contributed by atoms with E-state index in [9.17, 15) is 9.59 Å². The molecule has 0 aliphatic heterocycles. The monoisotopic (exact) mass is 257 g/mol. The van der Waals surface area contributed by atoms with E-state index < -0.39 is 5.97 Å². The van der Waals surface area contributed by atoms with Gasteiger partial charge in [0.15, 0.2) is 0 Å². The number of carbonyl (C=O) groups is 2. The number of carboxylic acids is 1. The molecule has 2 amide bonds. The van der Waals surface area contributed by atoms with E-state index >= 15 is 0 Å². The summed E-state index contributed by atoms with van der Waals surface area (Å²) in [4.78, 5) is 27.5. The lowest BCUT2D eigenvalue weighted by molar-refractivity contribution is -0.137. The van der Waals surface area contributed by atoms with E-state index in [1.165, 1.54) is 16.2 Å². The van der Waals surface area contributed by atoms with Crippen molar-refractivity contribution in [1.29, 1.82) is 0 Å². The first-order valence-electron chi connectivity index (χ1n) is 5.20. The number of aromatic nitrogens is 1. The van der Waals surface area contributed by atoms with Crippen molar-refractivity contribution in [2.75, 3.05) is 18.9 Å². The lowest BCUT2D eigenvalue weighted by Gasteiger charge is -2.16. The molecule has 1 rings (SSSR count). The highest BCUT2D eigenvalue weighted by atomic mass is 32.1. The van der Waals surface area contributed by atoms with Crippen LogP contribution in [0.15, 0.2) is 5.51 Å². The molecule has 17 heavy (non-hydrogen) atoms. The molecule has 0 unspecified atom stereocenters. The number of amides is 2. The molecule has 0 aliphatic rings. The molecule has 0 radical (unpaired) electrons. The summed E-state index contributed by atoms with van der Waals surface area (Å²) >= 11 is 1.36. The van der Waals surface area contributed by atoms with E-state index in [2.05, 4.69) is 10.3 Å². The van der Waals surface area contributed by atoms with Crippen molar-refractivity contribution < 1.29 is 14.7 Å². The molecule has 1 aromatic heterocycles. The fourth-order valence-electron chi connectivity index (χ4n) is 1.18. The van der Waals surface area contributed by atoms with Crippen molar-refractivity contribution in [2.24, 2.45) is 0 Å². The van der Waals surface area contributed by atoms with Gasteiger partial charge >= 0.3 is 12.0 Å². The zero-order valence-electron chi connectivity index (χ0n) is 9.77. The minimum absolute atomic E-state index is 0.0623. The molecule has 0 bridgehead atoms. The Kier molecular flexibility index (Phi) is 4.89. The van der Waals surface area contributed by atoms with Crippen LogP contribution in [0.1, 0.15) is 19.0 Å². The van der Waals surface area contributed by atoms with Crippen LogP contribution in [-0.2, 0) is 11.2 Å². The van der Waals surface area contributed by atoms with Crippen molar-refractivity contribution in [1.82, 2.24) is 9.88 Å². The Morgan fingerprint density at radius 3 is 2.88 bits per heavy atom. The van der Waals surface area contributed by atoms with Crippen molar-refractivity contribution in [3.8, 4) is 0 Å². The quantitative estimate of drug-likeness (QED) is 0.840. The summed E-state index contributed by atoms with van der Waals surface area (Å²) < 4.78 is 0. The maximum atomic E-state index is 11.7. The molecule has 0 spiro atoms. The normalized spacial score (nSPS) is 10.0. The standard InChI is InChI=1S/C10H15N3O3S/c1-3-7-9(17-6-11-7)12-10(16)13(2)5-4-8(14)15/h6H,3-5H2,1-2H3,(H,12,16)(H,14,15). The van der Waals surface area contributed by atoms with E-state index in [1.807, 2.05) is 6.92 Å². The number of hydrogen-bond acceptors (Lipinski definition) is 4. The number of urea groups is 1. The number of aliphatic carboxylic acids is 1. The van der Waals surface area contributed by atoms with Gasteiger partial charge in [0.1, 0.15) is 5.00 Å². The summed E-state index contributed by atoms with van der Waals surface area (Å²) in [6.07, 6.45) is 0.686. The van der Waals surface area contributed by atoms with Gasteiger partial charge in [0.25, 0.3) is 0 Å². The second kappa shape index (κ2) is 6.19. The summed E-state index contributed by atoms with van der Waals surface area (Å²) in [5.41, 5.74) is 2.51. The zero-order valence-corrected chi connectivity index (χ0v) is 10.6. The number of carboxylic acid groups (broad SMARTS) is 1. The van der Waals surface area contributed by atoms with Crippen molar-refractivity contribution in [3.63, 3.8) is 0 Å². The predicted octanol–water partition coefficient (Wildman–Crippen LogP) is 1.64. The van der Waals surface area contributed by atoms with Gasteiger partial charge in [0, 0.05) is 13.6 Å². The molecule has 6 nitrogen and oxygen atoms in total. The molecule has 1 heterocycles. The summed E-state index contributed by atoms with van der Waals surface area (Å²) in [7, 11) is 1.56. The van der Waals surface area contributed by atoms with Crippen LogP contribution >= 0.6 is 11.3 Å². The Balaban J connectivity index is 2.51. The number of rotatable bonds is 5. The van der Waals surface area contributed by atoms with Gasteiger partial charge in [-0.1, -0.05) is 6.92 Å². The van der Waals surface area contributed by atoms with Gasteiger partial charge in [0.05, 0.1) is 17.6 Å². The molecule has 0 fully saturated rings. The van der Waals surface area contributed by atoms with Crippen molar-refractivity contribution in [2.45, 2.75) is 19.8 Å². The molecule has 2 N–H and O–H groups in total. The van der Waals surface area contributed by atoms with Crippen molar-refractivity contribution >= 4 is 28.3 Å². The second-order valence-electron chi connectivity index (χ2n) is 3.48. The van der Waals surface area contributed by atoms with Gasteiger partial charge in [-0.2, -0.15) is 0 Å². The minimum atomic E-state index is -0.920. The van der Waals surface area contributed by atoms with Crippen LogP contribution < -0.4 is 5.32 Å². The fraction of sp³-hybridized carbons (Fsp3) is 0.500. The fourth-order valence-corrected chi connectivity index (χ4v) is 1.94. The average molecular weight is 257 g/mol. The third-order valence-corrected chi connectivity index (χ3v) is 2.99. The molecule has 0 atom stereocenters. The van der Waals surface area contributed by atoms with Crippen LogP contribution in [0.2, 0.25) is 0 Å². The van der Waals surface area contributed by atoms with Crippen LogP contribution in [0.3, 0.4) is 0 Å².